The molecular formula is C14H21ClN2O. The van der Waals surface area contributed by atoms with Crippen LogP contribution in [0.25, 0.3) is 0 Å². The third kappa shape index (κ3) is 4.67. The lowest BCUT2D eigenvalue weighted by Crippen LogP contribution is -2.36. The molecule has 0 saturated heterocycles. The van der Waals surface area contributed by atoms with Crippen molar-refractivity contribution in [1.29, 1.82) is 0 Å². The molecule has 1 amide bonds. The molecule has 1 unspecified atom stereocenters. The zero-order valence-electron chi connectivity index (χ0n) is 11.2. The monoisotopic (exact) mass is 268 g/mol. The average Bonchev–Trinajstić information content (AvgIpc) is 2.36. The van der Waals surface area contributed by atoms with Gasteiger partial charge in [-0.3, -0.25) is 9.69 Å². The highest BCUT2D eigenvalue weighted by molar-refractivity contribution is 6.30. The Balaban J connectivity index is 2.53. The van der Waals surface area contributed by atoms with Crippen LogP contribution < -0.4 is 5.32 Å². The minimum Gasteiger partial charge on any atom is -0.355 e. The van der Waals surface area contributed by atoms with E-state index in [9.17, 15) is 4.79 Å². The number of carbonyl (C=O) groups is 1. The number of halogens is 1. The summed E-state index contributed by atoms with van der Waals surface area (Å²) in [6.07, 6.45) is 0.961. The fourth-order valence-corrected chi connectivity index (χ4v) is 1.81. The first-order valence-electron chi connectivity index (χ1n) is 6.27. The Hall–Kier alpha value is -1.06. The van der Waals surface area contributed by atoms with Crippen molar-refractivity contribution in [2.24, 2.45) is 0 Å². The number of hydrogen-bond acceptors (Lipinski definition) is 2. The highest BCUT2D eigenvalue weighted by Crippen LogP contribution is 2.20. The molecule has 1 aromatic carbocycles. The molecule has 4 heteroatoms. The first kappa shape index (κ1) is 15.0. The fraction of sp³-hybridized carbons (Fsp3) is 0.500. The lowest BCUT2D eigenvalue weighted by Gasteiger charge is -2.24. The van der Waals surface area contributed by atoms with Crippen LogP contribution in [0.15, 0.2) is 24.3 Å². The second-order valence-electron chi connectivity index (χ2n) is 4.49. The third-order valence-electron chi connectivity index (χ3n) is 2.98. The van der Waals surface area contributed by atoms with E-state index in [1.807, 2.05) is 43.1 Å². The summed E-state index contributed by atoms with van der Waals surface area (Å²) in [5.74, 6) is 0.0696. The van der Waals surface area contributed by atoms with Gasteiger partial charge in [0.15, 0.2) is 0 Å². The Bertz CT molecular complexity index is 378. The molecule has 0 fully saturated rings. The van der Waals surface area contributed by atoms with E-state index in [1.54, 1.807) is 0 Å². The predicted molar refractivity (Wildman–Crippen MR) is 75.8 cm³/mol. The van der Waals surface area contributed by atoms with Gasteiger partial charge in [-0.1, -0.05) is 30.7 Å². The number of nitrogens with zero attached hydrogens (tertiary/aromatic N) is 1. The summed E-state index contributed by atoms with van der Waals surface area (Å²) < 4.78 is 0. The smallest absolute Gasteiger partial charge is 0.234 e. The molecule has 0 radical (unpaired) electrons. The normalized spacial score (nSPS) is 12.5. The molecular weight excluding hydrogens is 248 g/mol. The van der Waals surface area contributed by atoms with Gasteiger partial charge >= 0.3 is 0 Å². The van der Waals surface area contributed by atoms with Gasteiger partial charge in [0, 0.05) is 17.6 Å². The summed E-state index contributed by atoms with van der Waals surface area (Å²) in [4.78, 5) is 13.7. The Kier molecular flexibility index (Phi) is 6.16. The maximum Gasteiger partial charge on any atom is 0.234 e. The number of likely N-dealkylation sites (N-methyl/N-ethyl adjacent to an activating group) is 1. The molecule has 0 heterocycles. The van der Waals surface area contributed by atoms with Crippen molar-refractivity contribution in [3.05, 3.63) is 34.9 Å². The third-order valence-corrected chi connectivity index (χ3v) is 3.23. The lowest BCUT2D eigenvalue weighted by atomic mass is 10.1. The number of hydrogen-bond donors (Lipinski definition) is 1. The van der Waals surface area contributed by atoms with Crippen LogP contribution in [0, 0.1) is 0 Å². The first-order valence-corrected chi connectivity index (χ1v) is 6.64. The second-order valence-corrected chi connectivity index (χ2v) is 4.93. The maximum atomic E-state index is 11.6. The van der Waals surface area contributed by atoms with Crippen LogP contribution in [0.3, 0.4) is 0 Å². The van der Waals surface area contributed by atoms with Gasteiger partial charge in [-0.25, -0.2) is 0 Å². The van der Waals surface area contributed by atoms with Gasteiger partial charge in [0.25, 0.3) is 0 Å². The maximum absolute atomic E-state index is 11.6. The van der Waals surface area contributed by atoms with Gasteiger partial charge in [0.2, 0.25) is 5.91 Å². The van der Waals surface area contributed by atoms with E-state index in [2.05, 4.69) is 12.2 Å². The molecule has 18 heavy (non-hydrogen) atoms. The van der Waals surface area contributed by atoms with Crippen molar-refractivity contribution in [2.75, 3.05) is 20.1 Å². The summed E-state index contributed by atoms with van der Waals surface area (Å²) >= 11 is 5.86. The number of rotatable bonds is 6. The average molecular weight is 269 g/mol. The summed E-state index contributed by atoms with van der Waals surface area (Å²) in [5.41, 5.74) is 1.16. The molecule has 0 aliphatic heterocycles. The van der Waals surface area contributed by atoms with E-state index in [1.165, 1.54) is 0 Å². The van der Waals surface area contributed by atoms with Gasteiger partial charge in [-0.2, -0.15) is 0 Å². The van der Waals surface area contributed by atoms with E-state index in [4.69, 9.17) is 11.6 Å². The highest BCUT2D eigenvalue weighted by atomic mass is 35.5. The van der Waals surface area contributed by atoms with Gasteiger partial charge in [-0.05, 0) is 38.1 Å². The zero-order valence-corrected chi connectivity index (χ0v) is 12.0. The molecule has 1 N–H and O–H groups in total. The van der Waals surface area contributed by atoms with Crippen LogP contribution in [0.2, 0.25) is 5.02 Å². The summed E-state index contributed by atoms with van der Waals surface area (Å²) in [6.45, 7) is 5.27. The molecule has 0 bridgehead atoms. The number of amides is 1. The highest BCUT2D eigenvalue weighted by Gasteiger charge is 2.14. The van der Waals surface area contributed by atoms with Crippen molar-refractivity contribution >= 4 is 17.5 Å². The first-order chi connectivity index (χ1) is 8.54. The number of carbonyl (C=O) groups excluding carboxylic acids is 1. The number of nitrogens with one attached hydrogen (secondary N) is 1. The molecule has 0 aliphatic rings. The van der Waals surface area contributed by atoms with E-state index < -0.39 is 0 Å². The van der Waals surface area contributed by atoms with Crippen LogP contribution in [0.1, 0.15) is 31.9 Å². The van der Waals surface area contributed by atoms with Gasteiger partial charge in [0.1, 0.15) is 0 Å². The largest absolute Gasteiger partial charge is 0.355 e. The minimum atomic E-state index is 0.0696. The predicted octanol–water partition coefficient (Wildman–Crippen LogP) is 2.86. The van der Waals surface area contributed by atoms with E-state index in [0.29, 0.717) is 6.54 Å². The lowest BCUT2D eigenvalue weighted by molar-refractivity contribution is -0.122. The van der Waals surface area contributed by atoms with Gasteiger partial charge in [-0.15, -0.1) is 0 Å². The molecule has 1 atom stereocenters. The van der Waals surface area contributed by atoms with Crippen LogP contribution in [0.5, 0.6) is 0 Å². The van der Waals surface area contributed by atoms with Crippen LogP contribution in [-0.2, 0) is 4.79 Å². The van der Waals surface area contributed by atoms with E-state index in [-0.39, 0.29) is 11.9 Å². The topological polar surface area (TPSA) is 32.3 Å². The van der Waals surface area contributed by atoms with Crippen molar-refractivity contribution in [2.45, 2.75) is 26.3 Å². The Morgan fingerprint density at radius 3 is 2.56 bits per heavy atom. The zero-order chi connectivity index (χ0) is 13.5. The van der Waals surface area contributed by atoms with E-state index >= 15 is 0 Å². The summed E-state index contributed by atoms with van der Waals surface area (Å²) in [5, 5.41) is 3.61. The summed E-state index contributed by atoms with van der Waals surface area (Å²) in [6, 6.07) is 7.92. The fourth-order valence-electron chi connectivity index (χ4n) is 1.68. The van der Waals surface area contributed by atoms with Crippen molar-refractivity contribution in [3.63, 3.8) is 0 Å². The molecule has 0 saturated carbocycles. The Labute approximate surface area is 114 Å². The van der Waals surface area contributed by atoms with Gasteiger partial charge in [0.05, 0.1) is 6.54 Å². The molecule has 0 aromatic heterocycles. The molecule has 1 aromatic rings. The van der Waals surface area contributed by atoms with Crippen molar-refractivity contribution in [3.8, 4) is 0 Å². The van der Waals surface area contributed by atoms with Gasteiger partial charge < -0.3 is 5.32 Å². The second kappa shape index (κ2) is 7.39. The quantitative estimate of drug-likeness (QED) is 0.860. The SMILES string of the molecule is CCCNC(=O)CN(C)C(C)c1ccc(Cl)cc1. The standard InChI is InChI=1S/C14H21ClN2O/c1-4-9-16-14(18)10-17(3)11(2)12-5-7-13(15)8-6-12/h5-8,11H,4,9-10H2,1-3H3,(H,16,18). The minimum absolute atomic E-state index is 0.0696. The number of benzene rings is 1. The van der Waals surface area contributed by atoms with Crippen LogP contribution in [-0.4, -0.2) is 30.9 Å². The molecule has 0 aliphatic carbocycles. The Morgan fingerprint density at radius 2 is 2.00 bits per heavy atom. The Morgan fingerprint density at radius 1 is 1.39 bits per heavy atom. The van der Waals surface area contributed by atoms with Crippen LogP contribution >= 0.6 is 11.6 Å². The molecule has 3 nitrogen and oxygen atoms in total. The van der Waals surface area contributed by atoms with E-state index in [0.717, 1.165) is 23.6 Å². The van der Waals surface area contributed by atoms with Crippen molar-refractivity contribution in [1.82, 2.24) is 10.2 Å². The molecule has 100 valence electrons. The van der Waals surface area contributed by atoms with Crippen LogP contribution in [0.4, 0.5) is 0 Å². The molecule has 1 rings (SSSR count). The van der Waals surface area contributed by atoms with Crippen molar-refractivity contribution < 1.29 is 4.79 Å². The summed E-state index contributed by atoms with van der Waals surface area (Å²) in [7, 11) is 1.95. The molecule has 0 spiro atoms.